The predicted molar refractivity (Wildman–Crippen MR) is 152 cm³/mol. The first-order valence-corrected chi connectivity index (χ1v) is 13.2. The fraction of sp³-hybridized carbons (Fsp3) is 0.207. The number of halogens is 1. The third-order valence-electron chi connectivity index (χ3n) is 6.60. The summed E-state index contributed by atoms with van der Waals surface area (Å²) in [7, 11) is 0. The molecule has 3 aromatic carbocycles. The summed E-state index contributed by atoms with van der Waals surface area (Å²) in [5.41, 5.74) is 3.21. The average Bonchev–Trinajstić information content (AvgIpc) is 3.62. The number of imidazole rings is 1. The van der Waals surface area contributed by atoms with Gasteiger partial charge in [0, 0.05) is 16.2 Å². The Bertz CT molecular complexity index is 1510. The molecule has 7 nitrogen and oxygen atoms in total. The number of rotatable bonds is 9. The maximum atomic E-state index is 13.0. The maximum absolute atomic E-state index is 13.0. The van der Waals surface area contributed by atoms with E-state index >= 15 is 0 Å². The smallest absolute Gasteiger partial charge is 0.270 e. The molecule has 0 spiro atoms. The van der Waals surface area contributed by atoms with Gasteiger partial charge in [0.15, 0.2) is 5.58 Å². The highest BCUT2D eigenvalue weighted by molar-refractivity contribution is 7.98. The van der Waals surface area contributed by atoms with Gasteiger partial charge < -0.3 is 19.8 Å². The van der Waals surface area contributed by atoms with E-state index in [1.54, 1.807) is 18.7 Å². The first-order chi connectivity index (χ1) is 18.0. The standard InChI is InChI=1S/C29H28N4O3S.ClH/c1-3-29(19(2)34,33-27(35)24-16-30-18-31-24)22-13-9-14-23-26(22)36-28(32-23)21-12-7-8-15-25(21)37-17-20-10-5-4-6-11-20;/h4-16,18-19,34H,3,17H2,1-2H3,(H,30,31)(H,33,35);1H/t19-,29-;/m0./s1. The number of nitrogens with zero attached hydrogens (tertiary/aromatic N) is 2. The number of aromatic nitrogens is 3. The van der Waals surface area contributed by atoms with Crippen molar-refractivity contribution in [3.63, 3.8) is 0 Å². The van der Waals surface area contributed by atoms with Crippen LogP contribution in [0.15, 0.2) is 94.6 Å². The van der Waals surface area contributed by atoms with Crippen LogP contribution in [0.5, 0.6) is 0 Å². The van der Waals surface area contributed by atoms with E-state index in [9.17, 15) is 9.90 Å². The second kappa shape index (κ2) is 11.9. The molecule has 1 amide bonds. The normalized spacial score (nSPS) is 13.4. The number of oxazole rings is 1. The molecular weight excluding hydrogens is 520 g/mol. The second-order valence-corrected chi connectivity index (χ2v) is 9.88. The molecule has 38 heavy (non-hydrogen) atoms. The molecule has 0 radical (unpaired) electrons. The number of fused-ring (bicyclic) bond motifs is 1. The SMILES string of the molecule is CC[C@@](NC(=O)c1cnc[nH]1)(c1cccc2nc(-c3ccccc3SCc3ccccc3)oc12)[C@H](C)O.Cl. The zero-order chi connectivity index (χ0) is 25.8. The highest BCUT2D eigenvalue weighted by Gasteiger charge is 2.40. The lowest BCUT2D eigenvalue weighted by molar-refractivity contribution is 0.0552. The van der Waals surface area contributed by atoms with E-state index in [4.69, 9.17) is 9.40 Å². The number of aromatic amines is 1. The number of carbonyl (C=O) groups is 1. The Balaban J connectivity index is 0.00000336. The molecule has 2 atom stereocenters. The summed E-state index contributed by atoms with van der Waals surface area (Å²) < 4.78 is 6.40. The van der Waals surface area contributed by atoms with Crippen molar-refractivity contribution in [1.82, 2.24) is 20.3 Å². The number of hydrogen-bond acceptors (Lipinski definition) is 6. The second-order valence-electron chi connectivity index (χ2n) is 8.86. The van der Waals surface area contributed by atoms with Crippen LogP contribution in [0.1, 0.15) is 41.9 Å². The lowest BCUT2D eigenvalue weighted by Crippen LogP contribution is -2.52. The van der Waals surface area contributed by atoms with E-state index in [1.807, 2.05) is 61.5 Å². The molecule has 0 bridgehead atoms. The Hall–Kier alpha value is -3.59. The van der Waals surface area contributed by atoms with Crippen LogP contribution in [-0.2, 0) is 11.3 Å². The Morgan fingerprint density at radius 2 is 1.87 bits per heavy atom. The van der Waals surface area contributed by atoms with Crippen LogP contribution in [0.25, 0.3) is 22.6 Å². The van der Waals surface area contributed by atoms with E-state index < -0.39 is 11.6 Å². The highest BCUT2D eigenvalue weighted by Crippen LogP contribution is 2.39. The number of nitrogens with one attached hydrogen (secondary N) is 2. The topological polar surface area (TPSA) is 104 Å². The predicted octanol–water partition coefficient (Wildman–Crippen LogP) is 6.35. The van der Waals surface area contributed by atoms with Gasteiger partial charge in [-0.3, -0.25) is 4.79 Å². The molecule has 0 aliphatic carbocycles. The summed E-state index contributed by atoms with van der Waals surface area (Å²) >= 11 is 1.72. The monoisotopic (exact) mass is 548 g/mol. The molecule has 3 N–H and O–H groups in total. The number of amides is 1. The van der Waals surface area contributed by atoms with Crippen LogP contribution in [-0.4, -0.2) is 32.1 Å². The number of thioether (sulfide) groups is 1. The first-order valence-electron chi connectivity index (χ1n) is 12.2. The van der Waals surface area contributed by atoms with Crippen LogP contribution >= 0.6 is 24.2 Å². The Morgan fingerprint density at radius 3 is 2.58 bits per heavy atom. The van der Waals surface area contributed by atoms with Gasteiger partial charge in [-0.1, -0.05) is 61.5 Å². The zero-order valence-electron chi connectivity index (χ0n) is 21.0. The average molecular weight is 549 g/mol. The van der Waals surface area contributed by atoms with Crippen LogP contribution in [0.4, 0.5) is 0 Å². The number of H-pyrrole nitrogens is 1. The number of hydrogen-bond donors (Lipinski definition) is 3. The van der Waals surface area contributed by atoms with Gasteiger partial charge in [0.05, 0.1) is 29.7 Å². The molecule has 2 aromatic heterocycles. The number of aliphatic hydroxyl groups excluding tert-OH is 1. The third kappa shape index (κ3) is 5.34. The Kier molecular flexibility index (Phi) is 8.56. The van der Waals surface area contributed by atoms with E-state index in [1.165, 1.54) is 18.1 Å². The quantitative estimate of drug-likeness (QED) is 0.185. The van der Waals surface area contributed by atoms with Gasteiger partial charge in [-0.05, 0) is 37.1 Å². The fourth-order valence-corrected chi connectivity index (χ4v) is 5.54. The molecule has 5 aromatic rings. The van der Waals surface area contributed by atoms with Crippen molar-refractivity contribution in [2.24, 2.45) is 0 Å². The highest BCUT2D eigenvalue weighted by atomic mass is 35.5. The molecule has 9 heteroatoms. The first kappa shape index (κ1) is 27.4. The number of benzene rings is 3. The maximum Gasteiger partial charge on any atom is 0.270 e. The summed E-state index contributed by atoms with van der Waals surface area (Å²) in [6.45, 7) is 3.59. The fourth-order valence-electron chi connectivity index (χ4n) is 4.54. The summed E-state index contributed by atoms with van der Waals surface area (Å²) in [6, 6.07) is 24.0. The summed E-state index contributed by atoms with van der Waals surface area (Å²) in [5, 5.41) is 14.0. The van der Waals surface area contributed by atoms with Gasteiger partial charge in [-0.15, -0.1) is 24.2 Å². The molecule has 0 saturated carbocycles. The lowest BCUT2D eigenvalue weighted by atomic mass is 9.82. The van der Waals surface area contributed by atoms with Crippen molar-refractivity contribution in [2.45, 2.75) is 42.6 Å². The molecule has 0 unspecified atom stereocenters. The molecule has 196 valence electrons. The van der Waals surface area contributed by atoms with Gasteiger partial charge in [-0.2, -0.15) is 0 Å². The molecular formula is C29H29ClN4O3S. The van der Waals surface area contributed by atoms with E-state index in [0.717, 1.165) is 16.2 Å². The molecule has 5 rings (SSSR count). The zero-order valence-corrected chi connectivity index (χ0v) is 22.7. The van der Waals surface area contributed by atoms with Crippen molar-refractivity contribution in [3.05, 3.63) is 102 Å². The minimum Gasteiger partial charge on any atom is -0.436 e. The number of para-hydroxylation sites is 1. The van der Waals surface area contributed by atoms with Crippen molar-refractivity contribution in [3.8, 4) is 11.5 Å². The Labute approximate surface area is 231 Å². The van der Waals surface area contributed by atoms with Crippen molar-refractivity contribution >= 4 is 41.2 Å². The third-order valence-corrected chi connectivity index (χ3v) is 7.75. The van der Waals surface area contributed by atoms with Crippen molar-refractivity contribution in [1.29, 1.82) is 0 Å². The van der Waals surface area contributed by atoms with Gasteiger partial charge in [-0.25, -0.2) is 9.97 Å². The van der Waals surface area contributed by atoms with E-state index in [2.05, 4.69) is 33.5 Å². The molecule has 0 fully saturated rings. The van der Waals surface area contributed by atoms with Gasteiger partial charge in [0.2, 0.25) is 5.89 Å². The molecule has 2 heterocycles. The summed E-state index contributed by atoms with van der Waals surface area (Å²) in [4.78, 5) is 25.6. The summed E-state index contributed by atoms with van der Waals surface area (Å²) in [5.74, 6) is 0.956. The molecule has 0 saturated heterocycles. The minimum atomic E-state index is -1.10. The number of aliphatic hydroxyl groups is 1. The van der Waals surface area contributed by atoms with E-state index in [-0.39, 0.29) is 18.3 Å². The van der Waals surface area contributed by atoms with Crippen LogP contribution in [0.3, 0.4) is 0 Å². The minimum absolute atomic E-state index is 0. The number of carbonyl (C=O) groups excluding carboxylic acids is 1. The van der Waals surface area contributed by atoms with Crippen molar-refractivity contribution in [2.75, 3.05) is 0 Å². The summed E-state index contributed by atoms with van der Waals surface area (Å²) in [6.07, 6.45) is 2.43. The van der Waals surface area contributed by atoms with Crippen molar-refractivity contribution < 1.29 is 14.3 Å². The largest absolute Gasteiger partial charge is 0.436 e. The lowest BCUT2D eigenvalue weighted by Gasteiger charge is -2.37. The van der Waals surface area contributed by atoms with Gasteiger partial charge in [0.1, 0.15) is 11.2 Å². The van der Waals surface area contributed by atoms with Crippen LogP contribution in [0.2, 0.25) is 0 Å². The van der Waals surface area contributed by atoms with Gasteiger partial charge >= 0.3 is 0 Å². The van der Waals surface area contributed by atoms with Crippen LogP contribution < -0.4 is 5.32 Å². The Morgan fingerprint density at radius 1 is 1.11 bits per heavy atom. The molecule has 0 aliphatic heterocycles. The van der Waals surface area contributed by atoms with Crippen LogP contribution in [0, 0.1) is 0 Å². The van der Waals surface area contributed by atoms with E-state index in [0.29, 0.717) is 34.7 Å². The van der Waals surface area contributed by atoms with Gasteiger partial charge in [0.25, 0.3) is 5.91 Å². The molecule has 0 aliphatic rings.